The molecule has 1 aliphatic carbocycles. The van der Waals surface area contributed by atoms with Crippen molar-refractivity contribution in [2.24, 2.45) is 0 Å². The summed E-state index contributed by atoms with van der Waals surface area (Å²) in [5.41, 5.74) is 0. The fourth-order valence-electron chi connectivity index (χ4n) is 2.19. The maximum Gasteiger partial charge on any atom is 0.0919 e. The summed E-state index contributed by atoms with van der Waals surface area (Å²) in [5.74, 6) is 1.25. The Balaban J connectivity index is 2.31. The van der Waals surface area contributed by atoms with E-state index in [-0.39, 0.29) is 0 Å². The molecule has 0 unspecified atom stereocenters. The van der Waals surface area contributed by atoms with Crippen LogP contribution in [0.15, 0.2) is 11.8 Å². The van der Waals surface area contributed by atoms with Crippen LogP contribution in [0.1, 0.15) is 71.1 Å². The molecule has 0 N–H and O–H groups in total. The predicted molar refractivity (Wildman–Crippen MR) is 65.9 cm³/mol. The van der Waals surface area contributed by atoms with Crippen LogP contribution in [0.5, 0.6) is 0 Å². The lowest BCUT2D eigenvalue weighted by molar-refractivity contribution is 0.214. The molecule has 15 heavy (non-hydrogen) atoms. The highest BCUT2D eigenvalue weighted by atomic mass is 16.5. The molecular weight excluding hydrogens is 184 g/mol. The van der Waals surface area contributed by atoms with Crippen molar-refractivity contribution in [2.45, 2.75) is 71.1 Å². The molecule has 0 bridgehead atoms. The quantitative estimate of drug-likeness (QED) is 0.635. The molecule has 0 saturated heterocycles. The van der Waals surface area contributed by atoms with Gasteiger partial charge >= 0.3 is 0 Å². The minimum Gasteiger partial charge on any atom is -0.499 e. The Morgan fingerprint density at radius 2 is 1.53 bits per heavy atom. The van der Waals surface area contributed by atoms with Crippen LogP contribution in [-0.2, 0) is 4.74 Å². The Labute approximate surface area is 94.9 Å². The highest BCUT2D eigenvalue weighted by Crippen LogP contribution is 2.17. The van der Waals surface area contributed by atoms with Crippen LogP contribution in [0.25, 0.3) is 0 Å². The average Bonchev–Trinajstić information content (AvgIpc) is 2.22. The van der Waals surface area contributed by atoms with E-state index in [0.717, 1.165) is 13.0 Å². The molecule has 0 atom stereocenters. The minimum atomic E-state index is 0.825. The lowest BCUT2D eigenvalue weighted by Gasteiger charge is -2.10. The van der Waals surface area contributed by atoms with Gasteiger partial charge in [0.1, 0.15) is 0 Å². The Hall–Kier alpha value is -0.460. The first kappa shape index (κ1) is 12.6. The van der Waals surface area contributed by atoms with Crippen molar-refractivity contribution in [3.05, 3.63) is 11.8 Å². The summed E-state index contributed by atoms with van der Waals surface area (Å²) in [4.78, 5) is 0. The lowest BCUT2D eigenvalue weighted by atomic mass is 10.0. The maximum atomic E-state index is 5.65. The molecule has 1 nitrogen and oxygen atoms in total. The Morgan fingerprint density at radius 3 is 2.20 bits per heavy atom. The molecule has 88 valence electrons. The van der Waals surface area contributed by atoms with Gasteiger partial charge in [0.2, 0.25) is 0 Å². The summed E-state index contributed by atoms with van der Waals surface area (Å²) in [5, 5.41) is 0. The molecule has 0 spiro atoms. The summed E-state index contributed by atoms with van der Waals surface area (Å²) in [6, 6.07) is 0. The Bertz CT molecular complexity index is 172. The second-order valence-corrected chi connectivity index (χ2v) is 4.47. The maximum absolute atomic E-state index is 5.65. The third kappa shape index (κ3) is 6.59. The normalized spacial score (nSPS) is 24.5. The zero-order chi connectivity index (χ0) is 10.8. The van der Waals surface area contributed by atoms with E-state index < -0.39 is 0 Å². The Kier molecular flexibility index (Phi) is 7.41. The summed E-state index contributed by atoms with van der Waals surface area (Å²) >= 11 is 0. The van der Waals surface area contributed by atoms with Crippen molar-refractivity contribution in [3.8, 4) is 0 Å². The minimum absolute atomic E-state index is 0.825. The van der Waals surface area contributed by atoms with Gasteiger partial charge < -0.3 is 4.74 Å². The molecule has 0 fully saturated rings. The zero-order valence-electron chi connectivity index (χ0n) is 10.3. The number of allylic oxidation sites excluding steroid dienone is 2. The van der Waals surface area contributed by atoms with Crippen molar-refractivity contribution >= 4 is 0 Å². The standard InChI is InChI=1S/C14H26O/c1-2-15-14-12-10-8-6-4-3-5-7-9-11-13-14/h12H,2-11,13H2,1H3/b14-12-. The molecule has 1 aliphatic rings. The molecule has 0 aromatic heterocycles. The van der Waals surface area contributed by atoms with Crippen LogP contribution in [0.3, 0.4) is 0 Å². The van der Waals surface area contributed by atoms with Crippen molar-refractivity contribution in [2.75, 3.05) is 6.61 Å². The molecule has 0 aromatic rings. The van der Waals surface area contributed by atoms with Crippen LogP contribution in [-0.4, -0.2) is 6.61 Å². The van der Waals surface area contributed by atoms with Gasteiger partial charge in [0.15, 0.2) is 0 Å². The van der Waals surface area contributed by atoms with E-state index in [1.54, 1.807) is 0 Å². The fraction of sp³-hybridized carbons (Fsp3) is 0.857. The monoisotopic (exact) mass is 210 g/mol. The third-order valence-electron chi connectivity index (χ3n) is 3.08. The topological polar surface area (TPSA) is 9.23 Å². The van der Waals surface area contributed by atoms with Crippen molar-refractivity contribution < 1.29 is 4.74 Å². The average molecular weight is 210 g/mol. The highest BCUT2D eigenvalue weighted by molar-refractivity contribution is 4.93. The van der Waals surface area contributed by atoms with E-state index in [1.807, 2.05) is 0 Å². The first-order chi connectivity index (χ1) is 7.43. The molecule has 1 heteroatoms. The van der Waals surface area contributed by atoms with Gasteiger partial charge in [-0.1, -0.05) is 38.5 Å². The van der Waals surface area contributed by atoms with Crippen LogP contribution >= 0.6 is 0 Å². The molecule has 0 amide bonds. The van der Waals surface area contributed by atoms with E-state index in [0.29, 0.717) is 0 Å². The van der Waals surface area contributed by atoms with Crippen molar-refractivity contribution in [1.29, 1.82) is 0 Å². The fourth-order valence-corrected chi connectivity index (χ4v) is 2.19. The van der Waals surface area contributed by atoms with Gasteiger partial charge in [0.05, 0.1) is 12.4 Å². The Morgan fingerprint density at radius 1 is 0.933 bits per heavy atom. The molecule has 0 aliphatic heterocycles. The van der Waals surface area contributed by atoms with Crippen LogP contribution < -0.4 is 0 Å². The lowest BCUT2D eigenvalue weighted by Crippen LogP contribution is -1.93. The smallest absolute Gasteiger partial charge is 0.0919 e. The van der Waals surface area contributed by atoms with E-state index in [2.05, 4.69) is 13.0 Å². The largest absolute Gasteiger partial charge is 0.499 e. The molecule has 0 radical (unpaired) electrons. The van der Waals surface area contributed by atoms with Gasteiger partial charge in [0, 0.05) is 6.42 Å². The highest BCUT2D eigenvalue weighted by Gasteiger charge is 2.00. The summed E-state index contributed by atoms with van der Waals surface area (Å²) in [6.45, 7) is 2.91. The van der Waals surface area contributed by atoms with E-state index in [4.69, 9.17) is 4.74 Å². The first-order valence-electron chi connectivity index (χ1n) is 6.75. The second-order valence-electron chi connectivity index (χ2n) is 4.47. The van der Waals surface area contributed by atoms with Crippen LogP contribution in [0, 0.1) is 0 Å². The number of ether oxygens (including phenoxy) is 1. The van der Waals surface area contributed by atoms with E-state index >= 15 is 0 Å². The van der Waals surface area contributed by atoms with E-state index in [1.165, 1.54) is 63.5 Å². The first-order valence-corrected chi connectivity index (χ1v) is 6.75. The van der Waals surface area contributed by atoms with Gasteiger partial charge in [-0.25, -0.2) is 0 Å². The van der Waals surface area contributed by atoms with Crippen molar-refractivity contribution in [3.63, 3.8) is 0 Å². The third-order valence-corrected chi connectivity index (χ3v) is 3.08. The summed E-state index contributed by atoms with van der Waals surface area (Å²) in [6.07, 6.45) is 15.9. The van der Waals surface area contributed by atoms with Crippen LogP contribution in [0.4, 0.5) is 0 Å². The van der Waals surface area contributed by atoms with Gasteiger partial charge in [-0.3, -0.25) is 0 Å². The van der Waals surface area contributed by atoms with Gasteiger partial charge in [-0.2, -0.15) is 0 Å². The molecule has 0 heterocycles. The second kappa shape index (κ2) is 8.82. The van der Waals surface area contributed by atoms with E-state index in [9.17, 15) is 0 Å². The number of hydrogen-bond donors (Lipinski definition) is 0. The predicted octanol–water partition coefficient (Wildman–Crippen LogP) is 4.82. The van der Waals surface area contributed by atoms with Gasteiger partial charge in [0.25, 0.3) is 0 Å². The molecule has 1 rings (SSSR count). The summed E-state index contributed by atoms with van der Waals surface area (Å²) < 4.78 is 5.65. The molecular formula is C14H26O. The molecule has 0 saturated carbocycles. The van der Waals surface area contributed by atoms with Crippen molar-refractivity contribution in [1.82, 2.24) is 0 Å². The van der Waals surface area contributed by atoms with Gasteiger partial charge in [-0.15, -0.1) is 0 Å². The molecule has 0 aromatic carbocycles. The van der Waals surface area contributed by atoms with Crippen LogP contribution in [0.2, 0.25) is 0 Å². The summed E-state index contributed by atoms with van der Waals surface area (Å²) in [7, 11) is 0. The number of rotatable bonds is 2. The SMILES string of the molecule is CCO/C1=C\CCCCCCCCCC1. The number of hydrogen-bond acceptors (Lipinski definition) is 1. The zero-order valence-corrected chi connectivity index (χ0v) is 10.3. The van der Waals surface area contributed by atoms with Gasteiger partial charge in [-0.05, 0) is 32.3 Å².